The molecule has 44 heavy (non-hydrogen) atoms. The van der Waals surface area contributed by atoms with E-state index in [4.69, 9.17) is 14.9 Å². The highest BCUT2D eigenvalue weighted by Gasteiger charge is 2.36. The number of anilines is 1. The number of sulfonamides is 1. The minimum atomic E-state index is -4.82. The highest BCUT2D eigenvalue weighted by Crippen LogP contribution is 2.40. The molecule has 1 aliphatic heterocycles. The summed E-state index contributed by atoms with van der Waals surface area (Å²) in [5.41, 5.74) is -1.36. The lowest BCUT2D eigenvalue weighted by Gasteiger charge is -2.27. The smallest absolute Gasteiger partial charge is 0.416 e. The molecule has 0 saturated heterocycles. The van der Waals surface area contributed by atoms with E-state index in [0.717, 1.165) is 40.7 Å². The zero-order chi connectivity index (χ0) is 32.2. The van der Waals surface area contributed by atoms with E-state index in [2.05, 4.69) is 10.6 Å². The second-order valence-electron chi connectivity index (χ2n) is 10.1. The van der Waals surface area contributed by atoms with Gasteiger partial charge in [0, 0.05) is 24.6 Å². The SMILES string of the molecule is O=S(=O)(c1cccc(C(F)(F)F)c1)N1C[C@H](CCNC(O)NC[C@H](O)C(O)O)COc2ccc(-c3cc(F)ccc3F)cc21. The van der Waals surface area contributed by atoms with E-state index in [1.54, 1.807) is 0 Å². The molecule has 6 N–H and O–H groups in total. The van der Waals surface area contributed by atoms with Crippen molar-refractivity contribution in [2.75, 3.05) is 30.5 Å². The van der Waals surface area contributed by atoms with Gasteiger partial charge in [-0.25, -0.2) is 17.2 Å². The highest BCUT2D eigenvalue weighted by atomic mass is 32.2. The fourth-order valence-electron chi connectivity index (χ4n) is 4.51. The van der Waals surface area contributed by atoms with Crippen LogP contribution in [0.4, 0.5) is 27.6 Å². The molecule has 0 aliphatic carbocycles. The maximum atomic E-state index is 14.6. The molecule has 16 heteroatoms. The number of rotatable bonds is 11. The van der Waals surface area contributed by atoms with Crippen LogP contribution in [0.1, 0.15) is 12.0 Å². The third-order valence-corrected chi connectivity index (χ3v) is 8.65. The quantitative estimate of drug-likeness (QED) is 0.136. The van der Waals surface area contributed by atoms with Crippen molar-refractivity contribution in [3.05, 3.63) is 77.9 Å². The second kappa shape index (κ2) is 13.7. The number of hydrogen-bond donors (Lipinski definition) is 6. The van der Waals surface area contributed by atoms with Crippen molar-refractivity contribution in [2.24, 2.45) is 5.92 Å². The average Bonchev–Trinajstić information content (AvgIpc) is 3.16. The van der Waals surface area contributed by atoms with Gasteiger partial charge >= 0.3 is 6.18 Å². The summed E-state index contributed by atoms with van der Waals surface area (Å²) < 4.78 is 103. The first-order chi connectivity index (χ1) is 20.7. The molecule has 1 aliphatic rings. The van der Waals surface area contributed by atoms with E-state index in [1.165, 1.54) is 18.2 Å². The molecule has 10 nitrogen and oxygen atoms in total. The monoisotopic (exact) mass is 647 g/mol. The largest absolute Gasteiger partial charge is 0.491 e. The maximum Gasteiger partial charge on any atom is 0.416 e. The van der Waals surface area contributed by atoms with Crippen LogP contribution in [0.5, 0.6) is 5.75 Å². The fourth-order valence-corrected chi connectivity index (χ4v) is 6.10. The van der Waals surface area contributed by atoms with Crippen molar-refractivity contribution >= 4 is 15.7 Å². The molecule has 1 heterocycles. The molecule has 0 spiro atoms. The minimum Gasteiger partial charge on any atom is -0.491 e. The number of nitrogens with zero attached hydrogens (tertiary/aromatic N) is 1. The van der Waals surface area contributed by atoms with E-state index in [0.29, 0.717) is 6.07 Å². The summed E-state index contributed by atoms with van der Waals surface area (Å²) in [6.45, 7) is -0.643. The first kappa shape index (κ1) is 33.5. The Balaban J connectivity index is 1.65. The van der Waals surface area contributed by atoms with Gasteiger partial charge in [0.2, 0.25) is 0 Å². The molecular formula is C28H30F5N3O7S. The first-order valence-corrected chi connectivity index (χ1v) is 14.7. The van der Waals surface area contributed by atoms with Crippen LogP contribution >= 0.6 is 0 Å². The number of ether oxygens (including phenoxy) is 1. The van der Waals surface area contributed by atoms with E-state index < -0.39 is 63.0 Å². The molecule has 0 radical (unpaired) electrons. The van der Waals surface area contributed by atoms with E-state index >= 15 is 0 Å². The molecule has 0 fully saturated rings. The van der Waals surface area contributed by atoms with Crippen LogP contribution in [-0.4, -0.2) is 73.8 Å². The predicted octanol–water partition coefficient (Wildman–Crippen LogP) is 2.37. The fraction of sp³-hybridized carbons (Fsp3) is 0.357. The van der Waals surface area contributed by atoms with Crippen LogP contribution in [0.25, 0.3) is 11.1 Å². The van der Waals surface area contributed by atoms with Crippen LogP contribution in [0.2, 0.25) is 0 Å². The Labute approximate surface area is 249 Å². The molecule has 3 aromatic rings. The van der Waals surface area contributed by atoms with Crippen LogP contribution in [0.3, 0.4) is 0 Å². The van der Waals surface area contributed by atoms with Gasteiger partial charge in [-0.2, -0.15) is 13.2 Å². The average molecular weight is 648 g/mol. The number of aliphatic hydroxyl groups excluding tert-OH is 3. The van der Waals surface area contributed by atoms with Gasteiger partial charge in [-0.1, -0.05) is 12.1 Å². The lowest BCUT2D eigenvalue weighted by atomic mass is 10.0. The molecular weight excluding hydrogens is 617 g/mol. The predicted molar refractivity (Wildman–Crippen MR) is 148 cm³/mol. The van der Waals surface area contributed by atoms with E-state index in [9.17, 15) is 40.6 Å². The zero-order valence-corrected chi connectivity index (χ0v) is 23.7. The van der Waals surface area contributed by atoms with Crippen molar-refractivity contribution in [1.82, 2.24) is 10.6 Å². The molecule has 0 bridgehead atoms. The molecule has 0 aromatic heterocycles. The summed E-state index contributed by atoms with van der Waals surface area (Å²) in [6.07, 6.45) is -9.62. The summed E-state index contributed by atoms with van der Waals surface area (Å²) in [6, 6.07) is 9.98. The normalized spacial score (nSPS) is 17.1. The number of nitrogens with one attached hydrogen (secondary N) is 2. The van der Waals surface area contributed by atoms with Gasteiger partial charge in [0.1, 0.15) is 23.5 Å². The summed E-state index contributed by atoms with van der Waals surface area (Å²) >= 11 is 0. The number of hydrogen-bond acceptors (Lipinski definition) is 9. The molecule has 3 aromatic carbocycles. The third-order valence-electron chi connectivity index (χ3n) is 6.87. The molecule has 0 amide bonds. The standard InChI is InChI=1S/C28H30F5N3O7S/c29-19-5-6-22(30)21(12-19)17-4-7-25-23(10-17)36(44(41,42)20-3-1-2-18(11-20)28(31,32)33)14-16(15-43-25)8-9-34-27(40)35-13-24(37)26(38)39/h1-7,10-12,16,24,26-27,34-35,37-40H,8-9,13-15H2/t16-,24-,27?/m0/s1. The molecule has 1 unspecified atom stereocenters. The van der Waals surface area contributed by atoms with Crippen molar-refractivity contribution < 1.29 is 55.5 Å². The number of alkyl halides is 3. The Bertz CT molecular complexity index is 1560. The highest BCUT2D eigenvalue weighted by molar-refractivity contribution is 7.92. The van der Waals surface area contributed by atoms with Gasteiger partial charge in [0.15, 0.2) is 12.6 Å². The summed E-state index contributed by atoms with van der Waals surface area (Å²) in [7, 11) is -4.67. The molecule has 0 saturated carbocycles. The third kappa shape index (κ3) is 8.01. The van der Waals surface area contributed by atoms with E-state index in [1.807, 2.05) is 0 Å². The van der Waals surface area contributed by atoms with Crippen molar-refractivity contribution in [1.29, 1.82) is 0 Å². The topological polar surface area (TPSA) is 152 Å². The Morgan fingerprint density at radius 3 is 2.43 bits per heavy atom. The first-order valence-electron chi connectivity index (χ1n) is 13.3. The van der Waals surface area contributed by atoms with Gasteiger partial charge < -0.3 is 25.2 Å². The zero-order valence-electron chi connectivity index (χ0n) is 22.9. The Hall–Kier alpha value is -3.38. The minimum absolute atomic E-state index is 0.0369. The molecule has 3 atom stereocenters. The van der Waals surface area contributed by atoms with Crippen molar-refractivity contribution in [3.8, 4) is 16.9 Å². The molecule has 240 valence electrons. The van der Waals surface area contributed by atoms with Gasteiger partial charge in [-0.15, -0.1) is 0 Å². The number of aliphatic hydroxyl groups is 4. The Morgan fingerprint density at radius 1 is 0.977 bits per heavy atom. The van der Waals surface area contributed by atoms with Crippen LogP contribution < -0.4 is 19.7 Å². The Kier molecular flexibility index (Phi) is 10.5. The molecule has 4 rings (SSSR count). The van der Waals surface area contributed by atoms with Crippen molar-refractivity contribution in [2.45, 2.75) is 36.2 Å². The van der Waals surface area contributed by atoms with Gasteiger partial charge in [0.05, 0.1) is 22.8 Å². The number of fused-ring (bicyclic) bond motifs is 1. The van der Waals surface area contributed by atoms with Crippen LogP contribution in [-0.2, 0) is 16.2 Å². The maximum absolute atomic E-state index is 14.6. The summed E-state index contributed by atoms with van der Waals surface area (Å²) in [5.74, 6) is -2.07. The van der Waals surface area contributed by atoms with Crippen LogP contribution in [0.15, 0.2) is 65.6 Å². The van der Waals surface area contributed by atoms with Crippen molar-refractivity contribution in [3.63, 3.8) is 0 Å². The van der Waals surface area contributed by atoms with Crippen LogP contribution in [0, 0.1) is 17.6 Å². The number of halogens is 5. The van der Waals surface area contributed by atoms with Gasteiger partial charge in [-0.05, 0) is 67.1 Å². The number of benzene rings is 3. The second-order valence-corrected chi connectivity index (χ2v) is 11.9. The van der Waals surface area contributed by atoms with Gasteiger partial charge in [-0.3, -0.25) is 14.9 Å². The Morgan fingerprint density at radius 2 is 1.73 bits per heavy atom. The van der Waals surface area contributed by atoms with E-state index in [-0.39, 0.29) is 55.2 Å². The lowest BCUT2D eigenvalue weighted by molar-refractivity contribution is -0.137. The van der Waals surface area contributed by atoms with Gasteiger partial charge in [0.25, 0.3) is 10.0 Å². The summed E-state index contributed by atoms with van der Waals surface area (Å²) in [4.78, 5) is -0.649. The lowest BCUT2D eigenvalue weighted by Crippen LogP contribution is -2.48. The summed E-state index contributed by atoms with van der Waals surface area (Å²) in [5, 5.41) is 42.4.